The smallest absolute Gasteiger partial charge is 0.338 e. The van der Waals surface area contributed by atoms with Crippen molar-refractivity contribution in [2.45, 2.75) is 17.9 Å². The minimum Gasteiger partial charge on any atom is -0.452 e. The van der Waals surface area contributed by atoms with E-state index in [1.807, 2.05) is 6.07 Å². The number of pyridine rings is 1. The maximum Gasteiger partial charge on any atom is 0.338 e. The maximum absolute atomic E-state index is 12.1. The number of aromatic nitrogens is 3. The summed E-state index contributed by atoms with van der Waals surface area (Å²) in [5.41, 5.74) is 0.821. The van der Waals surface area contributed by atoms with Gasteiger partial charge >= 0.3 is 5.97 Å². The number of hydrogen-bond donors (Lipinski definition) is 1. The molecular formula is C18H15N5O5S. The van der Waals surface area contributed by atoms with Crippen LogP contribution in [0.3, 0.4) is 0 Å². The van der Waals surface area contributed by atoms with Gasteiger partial charge in [-0.3, -0.25) is 4.98 Å². The fourth-order valence-electron chi connectivity index (χ4n) is 2.23. The molecule has 0 bridgehead atoms. The Morgan fingerprint density at radius 1 is 1.24 bits per heavy atom. The first-order valence-electron chi connectivity index (χ1n) is 8.36. The van der Waals surface area contributed by atoms with Gasteiger partial charge in [-0.2, -0.15) is 10.2 Å². The molecule has 0 saturated heterocycles. The summed E-state index contributed by atoms with van der Waals surface area (Å²) in [5.74, 6) is -0.242. The van der Waals surface area contributed by atoms with Crippen molar-refractivity contribution in [3.05, 3.63) is 60.2 Å². The van der Waals surface area contributed by atoms with Crippen LogP contribution in [-0.2, 0) is 21.4 Å². The average Bonchev–Trinajstić information content (AvgIpc) is 3.22. The van der Waals surface area contributed by atoms with E-state index in [4.69, 9.17) is 14.5 Å². The Hall–Kier alpha value is -3.62. The molecule has 0 spiro atoms. The lowest BCUT2D eigenvalue weighted by Gasteiger charge is -2.06. The largest absolute Gasteiger partial charge is 0.452 e. The molecule has 0 saturated carbocycles. The van der Waals surface area contributed by atoms with Crippen molar-refractivity contribution >= 4 is 16.0 Å². The molecule has 29 heavy (non-hydrogen) atoms. The second-order valence-electron chi connectivity index (χ2n) is 5.66. The van der Waals surface area contributed by atoms with Gasteiger partial charge in [0.1, 0.15) is 0 Å². The monoisotopic (exact) mass is 413 g/mol. The Labute approximate surface area is 166 Å². The van der Waals surface area contributed by atoms with Gasteiger partial charge in [0.2, 0.25) is 15.8 Å². The third kappa shape index (κ3) is 5.22. The predicted molar refractivity (Wildman–Crippen MR) is 98.5 cm³/mol. The number of nitrogens with one attached hydrogen (secondary N) is 1. The van der Waals surface area contributed by atoms with Crippen molar-refractivity contribution in [3.8, 4) is 17.5 Å². The van der Waals surface area contributed by atoms with Gasteiger partial charge in [-0.1, -0.05) is 5.16 Å². The van der Waals surface area contributed by atoms with Gasteiger partial charge in [-0.25, -0.2) is 17.9 Å². The van der Waals surface area contributed by atoms with Crippen LogP contribution in [0.5, 0.6) is 0 Å². The zero-order valence-electron chi connectivity index (χ0n) is 15.0. The predicted octanol–water partition coefficient (Wildman–Crippen LogP) is 1.68. The number of nitriles is 1. The van der Waals surface area contributed by atoms with Gasteiger partial charge in [0.25, 0.3) is 5.89 Å². The number of rotatable bonds is 8. The number of nitrogens with zero attached hydrogens (tertiary/aromatic N) is 4. The van der Waals surface area contributed by atoms with Crippen molar-refractivity contribution < 1.29 is 22.5 Å². The van der Waals surface area contributed by atoms with Crippen LogP contribution in [0.2, 0.25) is 0 Å². The van der Waals surface area contributed by atoms with Crippen LogP contribution in [0.15, 0.2) is 58.2 Å². The maximum atomic E-state index is 12.1. The highest BCUT2D eigenvalue weighted by Crippen LogP contribution is 2.15. The third-order valence-electron chi connectivity index (χ3n) is 3.64. The lowest BCUT2D eigenvalue weighted by molar-refractivity contribution is 0.0429. The Morgan fingerprint density at radius 3 is 2.72 bits per heavy atom. The quantitative estimate of drug-likeness (QED) is 0.430. The zero-order chi connectivity index (χ0) is 20.7. The summed E-state index contributed by atoms with van der Waals surface area (Å²) in [6.45, 7) is -0.226. The van der Waals surface area contributed by atoms with E-state index in [2.05, 4.69) is 19.8 Å². The molecule has 3 aromatic rings. The second kappa shape index (κ2) is 9.05. The third-order valence-corrected chi connectivity index (χ3v) is 5.12. The van der Waals surface area contributed by atoms with Crippen molar-refractivity contribution in [2.24, 2.45) is 0 Å². The molecule has 0 fully saturated rings. The molecule has 2 aromatic heterocycles. The fraction of sp³-hybridized carbons (Fsp3) is 0.167. The van der Waals surface area contributed by atoms with Gasteiger partial charge in [0.05, 0.1) is 16.5 Å². The summed E-state index contributed by atoms with van der Waals surface area (Å²) in [6.07, 6.45) is 3.25. The lowest BCUT2D eigenvalue weighted by Crippen LogP contribution is -2.24. The van der Waals surface area contributed by atoms with Gasteiger partial charge in [-0.05, 0) is 36.4 Å². The molecule has 1 N–H and O–H groups in total. The molecule has 0 radical (unpaired) electrons. The van der Waals surface area contributed by atoms with Crippen molar-refractivity contribution in [1.82, 2.24) is 19.8 Å². The van der Waals surface area contributed by atoms with E-state index in [-0.39, 0.29) is 35.9 Å². The van der Waals surface area contributed by atoms with Crippen LogP contribution in [0.25, 0.3) is 11.4 Å². The van der Waals surface area contributed by atoms with E-state index in [1.54, 1.807) is 24.5 Å². The molecule has 3 rings (SSSR count). The van der Waals surface area contributed by atoms with Gasteiger partial charge in [-0.15, -0.1) is 0 Å². The molecule has 11 heteroatoms. The average molecular weight is 413 g/mol. The molecule has 0 aliphatic heterocycles. The molecule has 0 amide bonds. The Kier molecular flexibility index (Phi) is 6.28. The van der Waals surface area contributed by atoms with E-state index in [1.165, 1.54) is 24.3 Å². The van der Waals surface area contributed by atoms with E-state index in [9.17, 15) is 13.2 Å². The van der Waals surface area contributed by atoms with E-state index < -0.39 is 16.0 Å². The number of sulfonamides is 1. The molecule has 0 atom stereocenters. The molecule has 148 valence electrons. The van der Waals surface area contributed by atoms with Crippen LogP contribution >= 0.6 is 0 Å². The van der Waals surface area contributed by atoms with Crippen molar-refractivity contribution in [2.75, 3.05) is 6.54 Å². The first kappa shape index (κ1) is 20.1. The summed E-state index contributed by atoms with van der Waals surface area (Å²) >= 11 is 0. The highest BCUT2D eigenvalue weighted by atomic mass is 32.2. The minimum absolute atomic E-state index is 0.00778. The minimum atomic E-state index is -3.75. The van der Waals surface area contributed by atoms with E-state index in [0.29, 0.717) is 11.4 Å². The van der Waals surface area contributed by atoms with Gasteiger partial charge in [0.15, 0.2) is 6.61 Å². The Bertz CT molecular complexity index is 1120. The van der Waals surface area contributed by atoms with Gasteiger partial charge < -0.3 is 9.26 Å². The number of esters is 1. The highest BCUT2D eigenvalue weighted by molar-refractivity contribution is 7.89. The number of hydrogen-bond acceptors (Lipinski definition) is 9. The molecule has 10 nitrogen and oxygen atoms in total. The first-order chi connectivity index (χ1) is 14.0. The Morgan fingerprint density at radius 2 is 2.03 bits per heavy atom. The summed E-state index contributed by atoms with van der Waals surface area (Å²) in [4.78, 5) is 20.2. The number of ether oxygens (including phenoxy) is 1. The molecule has 0 aliphatic rings. The van der Waals surface area contributed by atoms with E-state index in [0.717, 1.165) is 0 Å². The van der Waals surface area contributed by atoms with Crippen LogP contribution in [0.4, 0.5) is 0 Å². The molecule has 0 unspecified atom stereocenters. The Balaban J connectivity index is 1.59. The summed E-state index contributed by atoms with van der Waals surface area (Å²) in [6, 6.07) is 10.5. The normalized spacial score (nSPS) is 11.0. The SMILES string of the molecule is N#CCCNS(=O)(=O)c1ccc(C(=O)OCc2nc(-c3cccnc3)no2)cc1. The van der Waals surface area contributed by atoms with Crippen LogP contribution in [0.1, 0.15) is 22.7 Å². The highest BCUT2D eigenvalue weighted by Gasteiger charge is 2.16. The van der Waals surface area contributed by atoms with Gasteiger partial charge in [0, 0.05) is 30.9 Å². The van der Waals surface area contributed by atoms with Crippen LogP contribution in [-0.4, -0.2) is 36.1 Å². The van der Waals surface area contributed by atoms with Crippen molar-refractivity contribution in [3.63, 3.8) is 0 Å². The van der Waals surface area contributed by atoms with E-state index >= 15 is 0 Å². The summed E-state index contributed by atoms with van der Waals surface area (Å²) < 4.78 is 36.5. The number of carbonyl (C=O) groups is 1. The molecule has 2 heterocycles. The number of carbonyl (C=O) groups excluding carboxylic acids is 1. The summed E-state index contributed by atoms with van der Waals surface area (Å²) in [7, 11) is -3.75. The first-order valence-corrected chi connectivity index (χ1v) is 9.85. The molecule has 0 aliphatic carbocycles. The molecule has 1 aromatic carbocycles. The lowest BCUT2D eigenvalue weighted by atomic mass is 10.2. The van der Waals surface area contributed by atoms with Crippen molar-refractivity contribution in [1.29, 1.82) is 5.26 Å². The number of benzene rings is 1. The fourth-order valence-corrected chi connectivity index (χ4v) is 3.26. The topological polar surface area (TPSA) is 148 Å². The van der Waals surface area contributed by atoms with Crippen LogP contribution in [0, 0.1) is 11.3 Å². The standard InChI is InChI=1S/C18H15N5O5S/c19-8-2-10-21-29(25,26)15-6-4-13(5-7-15)18(24)27-12-16-22-17(23-28-16)14-3-1-9-20-11-14/h1,3-7,9,11,21H,2,10,12H2. The molecular weight excluding hydrogens is 398 g/mol. The second-order valence-corrected chi connectivity index (χ2v) is 7.43. The van der Waals surface area contributed by atoms with Crippen LogP contribution < -0.4 is 4.72 Å². The zero-order valence-corrected chi connectivity index (χ0v) is 15.8. The summed E-state index contributed by atoms with van der Waals surface area (Å²) in [5, 5.41) is 12.3.